The zero-order chi connectivity index (χ0) is 15.5. The first-order chi connectivity index (χ1) is 10.4. The quantitative estimate of drug-likeness (QED) is 0.893. The van der Waals surface area contributed by atoms with Crippen LogP contribution in [0.1, 0.15) is 57.6 Å². The van der Waals surface area contributed by atoms with E-state index in [4.69, 9.17) is 5.11 Å². The van der Waals surface area contributed by atoms with Gasteiger partial charge in [-0.1, -0.05) is 50.6 Å². The predicted octanol–water partition coefficient (Wildman–Crippen LogP) is 3.90. The Kier molecular flexibility index (Phi) is 8.73. The fourth-order valence-corrected chi connectivity index (χ4v) is 2.98. The number of hydrogen-bond donors (Lipinski definition) is 1. The Morgan fingerprint density at radius 2 is 2.00 bits per heavy atom. The average molecular weight is 288 g/mol. The number of nitriles is 1. The molecule has 21 heavy (non-hydrogen) atoms. The molecule has 0 saturated carbocycles. The van der Waals surface area contributed by atoms with Crippen LogP contribution in [0.15, 0.2) is 30.3 Å². The first-order valence-corrected chi connectivity index (χ1v) is 8.18. The third kappa shape index (κ3) is 5.15. The van der Waals surface area contributed by atoms with E-state index in [1.807, 2.05) is 44.2 Å². The number of rotatable bonds is 5. The van der Waals surface area contributed by atoms with Gasteiger partial charge in [-0.15, -0.1) is 0 Å². The maximum absolute atomic E-state index is 9.53. The molecule has 1 heterocycles. The van der Waals surface area contributed by atoms with Crippen molar-refractivity contribution in [2.24, 2.45) is 0 Å². The number of aliphatic hydroxyl groups is 1. The summed E-state index contributed by atoms with van der Waals surface area (Å²) in [6.07, 6.45) is 5.36. The number of likely N-dealkylation sites (tertiary alicyclic amines) is 1. The average Bonchev–Trinajstić information content (AvgIpc) is 2.57. The molecule has 0 aliphatic carbocycles. The Labute approximate surface area is 129 Å². The summed E-state index contributed by atoms with van der Waals surface area (Å²) in [5, 5.41) is 18.5. The van der Waals surface area contributed by atoms with E-state index < -0.39 is 0 Å². The predicted molar refractivity (Wildman–Crippen MR) is 86.8 cm³/mol. The van der Waals surface area contributed by atoms with E-state index in [-0.39, 0.29) is 12.6 Å². The van der Waals surface area contributed by atoms with Gasteiger partial charge in [0.1, 0.15) is 6.04 Å². The van der Waals surface area contributed by atoms with Gasteiger partial charge in [0.25, 0.3) is 0 Å². The molecular formula is C18H28N2O. The van der Waals surface area contributed by atoms with Gasteiger partial charge < -0.3 is 5.11 Å². The molecule has 2 unspecified atom stereocenters. The van der Waals surface area contributed by atoms with Gasteiger partial charge in [-0.2, -0.15) is 5.26 Å². The van der Waals surface area contributed by atoms with Gasteiger partial charge >= 0.3 is 0 Å². The van der Waals surface area contributed by atoms with E-state index in [1.165, 1.54) is 12.8 Å². The zero-order valence-electron chi connectivity index (χ0n) is 13.3. The number of benzene rings is 1. The Bertz CT molecular complexity index is 413. The minimum Gasteiger partial charge on any atom is -0.396 e. The van der Waals surface area contributed by atoms with Crippen molar-refractivity contribution in [3.8, 4) is 6.07 Å². The number of hydrogen-bond acceptors (Lipinski definition) is 3. The highest BCUT2D eigenvalue weighted by atomic mass is 16.2. The molecule has 3 nitrogen and oxygen atoms in total. The second-order valence-electron chi connectivity index (χ2n) is 5.20. The molecule has 0 radical (unpaired) electrons. The number of aliphatic hydroxyl groups excluding tert-OH is 1. The zero-order valence-corrected chi connectivity index (χ0v) is 13.3. The summed E-state index contributed by atoms with van der Waals surface area (Å²) in [5.41, 5.74) is 1.08. The molecule has 2 rings (SSSR count). The van der Waals surface area contributed by atoms with E-state index in [0.717, 1.165) is 31.4 Å². The molecule has 1 aliphatic heterocycles. The molecule has 1 aromatic carbocycles. The van der Waals surface area contributed by atoms with Gasteiger partial charge in [-0.05, 0) is 31.2 Å². The lowest BCUT2D eigenvalue weighted by atomic mass is 9.94. The van der Waals surface area contributed by atoms with Gasteiger partial charge in [0.15, 0.2) is 0 Å². The smallest absolute Gasteiger partial charge is 0.124 e. The van der Waals surface area contributed by atoms with Crippen LogP contribution in [0.3, 0.4) is 0 Å². The highest BCUT2D eigenvalue weighted by Crippen LogP contribution is 2.30. The third-order valence-corrected chi connectivity index (χ3v) is 3.94. The lowest BCUT2D eigenvalue weighted by molar-refractivity contribution is 0.106. The Hall–Kier alpha value is -1.37. The van der Waals surface area contributed by atoms with Crippen molar-refractivity contribution in [2.75, 3.05) is 13.2 Å². The fourth-order valence-electron chi connectivity index (χ4n) is 2.98. The molecule has 1 aromatic rings. The van der Waals surface area contributed by atoms with Crippen LogP contribution < -0.4 is 0 Å². The summed E-state index contributed by atoms with van der Waals surface area (Å²) in [5.74, 6) is 0. The molecule has 0 bridgehead atoms. The van der Waals surface area contributed by atoms with E-state index in [1.54, 1.807) is 0 Å². The Morgan fingerprint density at radius 1 is 1.29 bits per heavy atom. The minimum absolute atomic E-state index is 0.148. The molecule has 0 aromatic heterocycles. The highest BCUT2D eigenvalue weighted by Gasteiger charge is 2.29. The summed E-state index contributed by atoms with van der Waals surface area (Å²) in [4.78, 5) is 2.33. The molecule has 1 aliphatic rings. The summed E-state index contributed by atoms with van der Waals surface area (Å²) >= 11 is 0. The van der Waals surface area contributed by atoms with E-state index >= 15 is 0 Å². The van der Waals surface area contributed by atoms with E-state index in [2.05, 4.69) is 11.0 Å². The van der Waals surface area contributed by atoms with Crippen LogP contribution in [0.25, 0.3) is 0 Å². The molecule has 1 fully saturated rings. The Morgan fingerprint density at radius 3 is 2.62 bits per heavy atom. The molecule has 0 spiro atoms. The van der Waals surface area contributed by atoms with Crippen molar-refractivity contribution < 1.29 is 5.11 Å². The van der Waals surface area contributed by atoms with Crippen LogP contribution in [0.4, 0.5) is 0 Å². The van der Waals surface area contributed by atoms with Crippen molar-refractivity contribution in [3.63, 3.8) is 0 Å². The highest BCUT2D eigenvalue weighted by molar-refractivity contribution is 5.24. The number of nitrogens with zero attached hydrogens (tertiary/aromatic N) is 2. The lowest BCUT2D eigenvalue weighted by Gasteiger charge is -2.38. The first kappa shape index (κ1) is 17.7. The maximum atomic E-state index is 9.53. The van der Waals surface area contributed by atoms with Crippen LogP contribution in [0.5, 0.6) is 0 Å². The summed E-state index contributed by atoms with van der Waals surface area (Å²) in [7, 11) is 0. The second kappa shape index (κ2) is 10.4. The lowest BCUT2D eigenvalue weighted by Crippen LogP contribution is -2.41. The molecular weight excluding hydrogens is 260 g/mol. The Balaban J connectivity index is 0.00000106. The SMILES string of the molecule is CC.N#CC(c1ccccc1)N1CCCCC1CCCO. The van der Waals surface area contributed by atoms with E-state index in [9.17, 15) is 5.26 Å². The van der Waals surface area contributed by atoms with Crippen molar-refractivity contribution in [1.29, 1.82) is 5.26 Å². The van der Waals surface area contributed by atoms with Crippen LogP contribution in [0, 0.1) is 11.3 Å². The normalized spacial score (nSPS) is 20.0. The topological polar surface area (TPSA) is 47.3 Å². The summed E-state index contributed by atoms with van der Waals surface area (Å²) in [6, 6.07) is 12.8. The second-order valence-corrected chi connectivity index (χ2v) is 5.20. The largest absolute Gasteiger partial charge is 0.396 e. The maximum Gasteiger partial charge on any atom is 0.124 e. The van der Waals surface area contributed by atoms with Crippen LogP contribution in [-0.2, 0) is 0 Å². The van der Waals surface area contributed by atoms with Gasteiger partial charge in [-0.25, -0.2) is 0 Å². The fraction of sp³-hybridized carbons (Fsp3) is 0.611. The summed E-state index contributed by atoms with van der Waals surface area (Å²) in [6.45, 7) is 5.23. The van der Waals surface area contributed by atoms with Crippen molar-refractivity contribution in [3.05, 3.63) is 35.9 Å². The monoisotopic (exact) mass is 288 g/mol. The van der Waals surface area contributed by atoms with Gasteiger partial charge in [0, 0.05) is 19.2 Å². The molecule has 3 heteroatoms. The molecule has 116 valence electrons. The van der Waals surface area contributed by atoms with Crippen LogP contribution in [-0.4, -0.2) is 29.2 Å². The van der Waals surface area contributed by atoms with Gasteiger partial charge in [0.2, 0.25) is 0 Å². The van der Waals surface area contributed by atoms with E-state index in [0.29, 0.717) is 6.04 Å². The first-order valence-electron chi connectivity index (χ1n) is 8.18. The van der Waals surface area contributed by atoms with Crippen LogP contribution >= 0.6 is 0 Å². The standard InChI is InChI=1S/C16H22N2O.C2H6/c17-13-16(14-7-2-1-3-8-14)18-11-5-4-9-15(18)10-6-12-19;1-2/h1-3,7-8,15-16,19H,4-6,9-12H2;1-2H3. The van der Waals surface area contributed by atoms with Crippen molar-refractivity contribution in [2.45, 2.75) is 58.0 Å². The molecule has 0 amide bonds. The summed E-state index contributed by atoms with van der Waals surface area (Å²) < 4.78 is 0. The van der Waals surface area contributed by atoms with Crippen molar-refractivity contribution in [1.82, 2.24) is 4.90 Å². The molecule has 1 saturated heterocycles. The minimum atomic E-state index is -0.148. The van der Waals surface area contributed by atoms with Crippen molar-refractivity contribution >= 4 is 0 Å². The number of piperidine rings is 1. The van der Waals surface area contributed by atoms with Crippen LogP contribution in [0.2, 0.25) is 0 Å². The molecule has 2 atom stereocenters. The third-order valence-electron chi connectivity index (χ3n) is 3.94. The molecule has 1 N–H and O–H groups in total. The van der Waals surface area contributed by atoms with Gasteiger partial charge in [0.05, 0.1) is 6.07 Å². The van der Waals surface area contributed by atoms with Gasteiger partial charge in [-0.3, -0.25) is 4.90 Å².